The van der Waals surface area contributed by atoms with E-state index in [1.54, 1.807) is 0 Å². The van der Waals surface area contributed by atoms with Crippen molar-refractivity contribution in [3.8, 4) is 0 Å². The normalized spacial score (nSPS) is 11.6. The van der Waals surface area contributed by atoms with Gasteiger partial charge in [0.2, 0.25) is 23.7 Å². The number of rotatable bonds is 5. The zero-order valence-corrected chi connectivity index (χ0v) is 11.9. The molecule has 0 radical (unpaired) electrons. The Morgan fingerprint density at radius 1 is 0.591 bits per heavy atom. The van der Waals surface area contributed by atoms with Crippen LogP contribution in [0.2, 0.25) is 0 Å². The van der Waals surface area contributed by atoms with Crippen molar-refractivity contribution >= 4 is 35.7 Å². The van der Waals surface area contributed by atoms with E-state index >= 15 is 0 Å². The third kappa shape index (κ3) is 10.7. The zero-order chi connectivity index (χ0) is 17.1. The molecule has 22 heavy (non-hydrogen) atoms. The second-order valence-corrected chi connectivity index (χ2v) is 4.01. The lowest BCUT2D eigenvalue weighted by molar-refractivity contribution is -0.119. The summed E-state index contributed by atoms with van der Waals surface area (Å²) in [7, 11) is 0. The minimum atomic E-state index is -0.501. The summed E-state index contributed by atoms with van der Waals surface area (Å²) in [5.74, 6) is -2.24. The van der Waals surface area contributed by atoms with Crippen molar-refractivity contribution in [2.45, 2.75) is 25.7 Å². The van der Waals surface area contributed by atoms with E-state index in [0.717, 1.165) is 0 Å². The van der Waals surface area contributed by atoms with Crippen LogP contribution in [0.4, 0.5) is 0 Å². The van der Waals surface area contributed by atoms with Gasteiger partial charge in [-0.15, -0.1) is 0 Å². The van der Waals surface area contributed by atoms with Crippen molar-refractivity contribution in [3.63, 3.8) is 0 Å². The molecule has 0 aliphatic heterocycles. The number of carbonyl (C=O) groups excluding carboxylic acids is 2. The van der Waals surface area contributed by atoms with Gasteiger partial charge >= 0.3 is 0 Å². The van der Waals surface area contributed by atoms with Crippen molar-refractivity contribution in [1.29, 1.82) is 0 Å². The van der Waals surface area contributed by atoms with E-state index in [-0.39, 0.29) is 36.7 Å². The first-order chi connectivity index (χ1) is 10.2. The van der Waals surface area contributed by atoms with Crippen molar-refractivity contribution in [1.82, 2.24) is 0 Å². The summed E-state index contributed by atoms with van der Waals surface area (Å²) < 4.78 is 0. The summed E-state index contributed by atoms with van der Waals surface area (Å²) in [5.41, 5.74) is 30.8. The summed E-state index contributed by atoms with van der Waals surface area (Å²) in [4.78, 5) is 36.4. The van der Waals surface area contributed by atoms with Gasteiger partial charge in [0, 0.05) is 12.8 Å². The van der Waals surface area contributed by atoms with Crippen molar-refractivity contribution in [3.05, 3.63) is 0 Å². The summed E-state index contributed by atoms with van der Waals surface area (Å²) in [6, 6.07) is 0. The van der Waals surface area contributed by atoms with Gasteiger partial charge in [-0.05, 0) is 12.8 Å². The minimum absolute atomic E-state index is 0.0844. The van der Waals surface area contributed by atoms with Gasteiger partial charge in [-0.2, -0.15) is 20.0 Å². The predicted octanol–water partition coefficient (Wildman–Crippen LogP) is -3.22. The first-order valence-corrected chi connectivity index (χ1v) is 6.14. The number of hydrogen-bond acceptors (Lipinski definition) is 2. The standard InChI is InChI=1S/C10H20N10O2/c11-7(12)19-9(15)17-5(21)3-1-2-4-6(22)18-10(16)20-8(13)14/h1-4H2,(H6,11,12,15,17,19,21)(H6,13,14,16,18,20,22). The number of hydrogen-bond donors (Lipinski definition) is 6. The zero-order valence-electron chi connectivity index (χ0n) is 11.9. The van der Waals surface area contributed by atoms with Crippen molar-refractivity contribution in [2.75, 3.05) is 0 Å². The Kier molecular flexibility index (Phi) is 8.28. The fourth-order valence-corrected chi connectivity index (χ4v) is 1.23. The molecule has 0 heterocycles. The number of nitrogens with two attached hydrogens (primary N) is 6. The van der Waals surface area contributed by atoms with Crippen LogP contribution < -0.4 is 34.4 Å². The van der Waals surface area contributed by atoms with E-state index in [1.165, 1.54) is 0 Å². The summed E-state index contributed by atoms with van der Waals surface area (Å²) in [6.45, 7) is 0. The first-order valence-electron chi connectivity index (χ1n) is 6.14. The molecule has 12 N–H and O–H groups in total. The average Bonchev–Trinajstić information content (AvgIpc) is 2.32. The van der Waals surface area contributed by atoms with E-state index in [4.69, 9.17) is 34.4 Å². The molecule has 0 aromatic rings. The highest BCUT2D eigenvalue weighted by molar-refractivity contribution is 5.99. The number of unbranched alkanes of at least 4 members (excludes halogenated alkanes) is 1. The lowest BCUT2D eigenvalue weighted by atomic mass is 10.2. The third-order valence-electron chi connectivity index (χ3n) is 2.00. The highest BCUT2D eigenvalue weighted by Gasteiger charge is 2.04. The second-order valence-electron chi connectivity index (χ2n) is 4.01. The molecule has 2 amide bonds. The fraction of sp³-hybridized carbons (Fsp3) is 0.400. The van der Waals surface area contributed by atoms with Crippen LogP contribution in [0.15, 0.2) is 20.0 Å². The van der Waals surface area contributed by atoms with E-state index in [0.29, 0.717) is 12.8 Å². The lowest BCUT2D eigenvalue weighted by Gasteiger charge is -1.98. The molecular weight excluding hydrogens is 292 g/mol. The van der Waals surface area contributed by atoms with Gasteiger partial charge in [0.1, 0.15) is 0 Å². The van der Waals surface area contributed by atoms with Crippen LogP contribution in [-0.4, -0.2) is 35.7 Å². The maximum atomic E-state index is 11.4. The number of guanidine groups is 4. The Labute approximate surface area is 126 Å². The van der Waals surface area contributed by atoms with Gasteiger partial charge in [-0.3, -0.25) is 9.59 Å². The molecule has 0 rings (SSSR count). The predicted molar refractivity (Wildman–Crippen MR) is 83.3 cm³/mol. The molecule has 0 aliphatic carbocycles. The SMILES string of the molecule is NC(N)=NC(N)=NC(=O)CCCCC(=O)N=C(N)N=C(N)N. The third-order valence-corrected chi connectivity index (χ3v) is 2.00. The first kappa shape index (κ1) is 18.8. The van der Waals surface area contributed by atoms with E-state index < -0.39 is 11.8 Å². The number of carbonyl (C=O) groups is 2. The van der Waals surface area contributed by atoms with Crippen LogP contribution >= 0.6 is 0 Å². The Morgan fingerprint density at radius 2 is 0.909 bits per heavy atom. The molecule has 0 atom stereocenters. The molecule has 0 bridgehead atoms. The highest BCUT2D eigenvalue weighted by Crippen LogP contribution is 2.03. The molecule has 0 saturated heterocycles. The average molecular weight is 312 g/mol. The number of aliphatic imine (C=N–C) groups is 4. The minimum Gasteiger partial charge on any atom is -0.370 e. The maximum absolute atomic E-state index is 11.4. The van der Waals surface area contributed by atoms with Crippen LogP contribution in [-0.2, 0) is 9.59 Å². The Balaban J connectivity index is 4.13. The molecule has 0 aliphatic rings. The Hall–Kier alpha value is -3.18. The topological polar surface area (TPSA) is 240 Å². The summed E-state index contributed by atoms with van der Waals surface area (Å²) in [5, 5.41) is 0. The van der Waals surface area contributed by atoms with E-state index in [1.807, 2.05) is 0 Å². The van der Waals surface area contributed by atoms with Gasteiger partial charge in [0.25, 0.3) is 0 Å². The van der Waals surface area contributed by atoms with Crippen LogP contribution in [0.1, 0.15) is 25.7 Å². The molecule has 122 valence electrons. The van der Waals surface area contributed by atoms with Gasteiger partial charge in [-0.1, -0.05) is 0 Å². The fourth-order valence-electron chi connectivity index (χ4n) is 1.23. The van der Waals surface area contributed by atoms with Crippen LogP contribution in [0, 0.1) is 0 Å². The summed E-state index contributed by atoms with van der Waals surface area (Å²) in [6.07, 6.45) is 0.976. The number of amides is 2. The van der Waals surface area contributed by atoms with Crippen LogP contribution in [0.25, 0.3) is 0 Å². The second kappa shape index (κ2) is 9.68. The quantitative estimate of drug-likeness (QED) is 0.171. The van der Waals surface area contributed by atoms with Crippen LogP contribution in [0.5, 0.6) is 0 Å². The monoisotopic (exact) mass is 312 g/mol. The largest absolute Gasteiger partial charge is 0.370 e. The van der Waals surface area contributed by atoms with E-state index in [2.05, 4.69) is 20.0 Å². The molecular formula is C10H20N10O2. The molecule has 0 saturated carbocycles. The van der Waals surface area contributed by atoms with Gasteiger partial charge in [0.05, 0.1) is 0 Å². The van der Waals surface area contributed by atoms with Crippen LogP contribution in [0.3, 0.4) is 0 Å². The number of nitrogens with zero attached hydrogens (tertiary/aromatic N) is 4. The van der Waals surface area contributed by atoms with E-state index in [9.17, 15) is 9.59 Å². The Bertz CT molecular complexity index is 478. The smallest absolute Gasteiger partial charge is 0.248 e. The van der Waals surface area contributed by atoms with Crippen molar-refractivity contribution in [2.24, 2.45) is 54.4 Å². The molecule has 0 aromatic heterocycles. The summed E-state index contributed by atoms with van der Waals surface area (Å²) >= 11 is 0. The molecule has 0 spiro atoms. The molecule has 0 unspecified atom stereocenters. The molecule has 12 nitrogen and oxygen atoms in total. The Morgan fingerprint density at radius 3 is 1.18 bits per heavy atom. The van der Waals surface area contributed by atoms with Gasteiger partial charge in [-0.25, -0.2) is 0 Å². The highest BCUT2D eigenvalue weighted by atomic mass is 16.1. The van der Waals surface area contributed by atoms with Crippen molar-refractivity contribution < 1.29 is 9.59 Å². The van der Waals surface area contributed by atoms with Gasteiger partial charge in [0.15, 0.2) is 11.9 Å². The maximum Gasteiger partial charge on any atom is 0.248 e. The molecule has 0 fully saturated rings. The molecule has 0 aromatic carbocycles. The lowest BCUT2D eigenvalue weighted by Crippen LogP contribution is -2.27. The van der Waals surface area contributed by atoms with Gasteiger partial charge < -0.3 is 34.4 Å². The molecule has 12 heteroatoms.